The highest BCUT2D eigenvalue weighted by Crippen LogP contribution is 2.31. The first-order valence-corrected chi connectivity index (χ1v) is 8.92. The third kappa shape index (κ3) is 3.58. The molecule has 132 valence electrons. The highest BCUT2D eigenvalue weighted by molar-refractivity contribution is 6.28. The molecule has 1 aromatic heterocycles. The lowest BCUT2D eigenvalue weighted by Crippen LogP contribution is -2.55. The van der Waals surface area contributed by atoms with Crippen LogP contribution in [-0.4, -0.2) is 52.2 Å². The number of carbonyl (C=O) groups excluding carboxylic acids is 1. The van der Waals surface area contributed by atoms with Crippen LogP contribution in [0.3, 0.4) is 0 Å². The van der Waals surface area contributed by atoms with E-state index in [1.807, 2.05) is 27.7 Å². The number of nitrogens with zero attached hydrogens (tertiary/aromatic N) is 4. The zero-order valence-electron chi connectivity index (χ0n) is 14.8. The van der Waals surface area contributed by atoms with Gasteiger partial charge in [0.2, 0.25) is 5.28 Å². The van der Waals surface area contributed by atoms with Gasteiger partial charge < -0.3 is 14.5 Å². The number of rotatable bonds is 1. The molecule has 0 radical (unpaired) electrons. The molecule has 2 heterocycles. The van der Waals surface area contributed by atoms with Gasteiger partial charge in [-0.15, -0.1) is 0 Å². The molecule has 1 atom stereocenters. The zero-order valence-corrected chi connectivity index (χ0v) is 15.6. The van der Waals surface area contributed by atoms with Crippen LogP contribution in [0.15, 0.2) is 0 Å². The van der Waals surface area contributed by atoms with Crippen molar-refractivity contribution in [3.8, 4) is 0 Å². The molecule has 0 aromatic carbocycles. The second-order valence-electron chi connectivity index (χ2n) is 7.56. The Kier molecular flexibility index (Phi) is 4.60. The minimum absolute atomic E-state index is 0.0550. The number of aromatic nitrogens is 2. The van der Waals surface area contributed by atoms with Crippen LogP contribution in [0.4, 0.5) is 10.6 Å². The number of amides is 1. The van der Waals surface area contributed by atoms with Gasteiger partial charge in [0.1, 0.15) is 11.4 Å². The van der Waals surface area contributed by atoms with Crippen LogP contribution in [0.25, 0.3) is 0 Å². The number of piperazine rings is 1. The maximum Gasteiger partial charge on any atom is 0.410 e. The molecule has 1 aliphatic carbocycles. The Labute approximate surface area is 148 Å². The number of hydrogen-bond donors (Lipinski definition) is 0. The Morgan fingerprint density at radius 2 is 2.00 bits per heavy atom. The summed E-state index contributed by atoms with van der Waals surface area (Å²) in [4.78, 5) is 25.2. The summed E-state index contributed by atoms with van der Waals surface area (Å²) >= 11 is 6.10. The molecule has 0 spiro atoms. The van der Waals surface area contributed by atoms with E-state index in [1.54, 1.807) is 4.90 Å². The third-order valence-corrected chi connectivity index (χ3v) is 4.61. The molecule has 1 amide bonds. The highest BCUT2D eigenvalue weighted by atomic mass is 35.5. The van der Waals surface area contributed by atoms with Crippen molar-refractivity contribution in [3.63, 3.8) is 0 Å². The molecule has 7 heteroatoms. The van der Waals surface area contributed by atoms with Gasteiger partial charge in [-0.3, -0.25) is 0 Å². The van der Waals surface area contributed by atoms with E-state index in [9.17, 15) is 4.79 Å². The topological polar surface area (TPSA) is 58.6 Å². The number of anilines is 1. The van der Waals surface area contributed by atoms with Crippen molar-refractivity contribution < 1.29 is 9.53 Å². The number of ether oxygens (including phenoxy) is 1. The Balaban J connectivity index is 1.74. The molecule has 1 fully saturated rings. The number of hydrogen-bond acceptors (Lipinski definition) is 5. The molecule has 1 saturated heterocycles. The molecule has 0 saturated carbocycles. The van der Waals surface area contributed by atoms with Crippen molar-refractivity contribution in [2.24, 2.45) is 0 Å². The fraction of sp³-hybridized carbons (Fsp3) is 0.706. The number of carbonyl (C=O) groups is 1. The lowest BCUT2D eigenvalue weighted by molar-refractivity contribution is 0.0158. The van der Waals surface area contributed by atoms with Crippen molar-refractivity contribution >= 4 is 23.5 Å². The molecule has 24 heavy (non-hydrogen) atoms. The van der Waals surface area contributed by atoms with E-state index in [-0.39, 0.29) is 12.1 Å². The van der Waals surface area contributed by atoms with E-state index in [1.165, 1.54) is 5.56 Å². The molecule has 1 aliphatic heterocycles. The van der Waals surface area contributed by atoms with E-state index in [2.05, 4.69) is 14.9 Å². The second kappa shape index (κ2) is 6.39. The van der Waals surface area contributed by atoms with Gasteiger partial charge in [0.15, 0.2) is 0 Å². The number of aryl methyl sites for hydroxylation is 1. The van der Waals surface area contributed by atoms with Crippen LogP contribution in [-0.2, 0) is 17.6 Å². The number of fused-ring (bicyclic) bond motifs is 1. The Morgan fingerprint density at radius 3 is 2.67 bits per heavy atom. The molecular weight excluding hydrogens is 328 g/mol. The van der Waals surface area contributed by atoms with E-state index in [0.29, 0.717) is 11.8 Å². The smallest absolute Gasteiger partial charge is 0.410 e. The summed E-state index contributed by atoms with van der Waals surface area (Å²) in [6, 6.07) is 0.0550. The third-order valence-electron chi connectivity index (χ3n) is 4.44. The Hall–Kier alpha value is -1.56. The summed E-state index contributed by atoms with van der Waals surface area (Å²) in [5.74, 6) is 0.943. The Bertz CT molecular complexity index is 644. The fourth-order valence-electron chi connectivity index (χ4n) is 3.39. The first-order chi connectivity index (χ1) is 11.2. The van der Waals surface area contributed by atoms with Crippen LogP contribution >= 0.6 is 11.6 Å². The van der Waals surface area contributed by atoms with Crippen molar-refractivity contribution in [2.45, 2.75) is 58.6 Å². The van der Waals surface area contributed by atoms with Crippen LogP contribution in [0.1, 0.15) is 45.4 Å². The van der Waals surface area contributed by atoms with Crippen molar-refractivity contribution in [1.29, 1.82) is 0 Å². The van der Waals surface area contributed by atoms with Gasteiger partial charge in [-0.05, 0) is 58.6 Å². The lowest BCUT2D eigenvalue weighted by Gasteiger charge is -2.41. The van der Waals surface area contributed by atoms with Gasteiger partial charge >= 0.3 is 6.09 Å². The van der Waals surface area contributed by atoms with Gasteiger partial charge in [0, 0.05) is 31.2 Å². The summed E-state index contributed by atoms with van der Waals surface area (Å²) in [6.45, 7) is 9.77. The molecule has 0 bridgehead atoms. The summed E-state index contributed by atoms with van der Waals surface area (Å²) in [6.07, 6.45) is 2.83. The molecule has 1 unspecified atom stereocenters. The largest absolute Gasteiger partial charge is 0.444 e. The summed E-state index contributed by atoms with van der Waals surface area (Å²) < 4.78 is 5.50. The predicted molar refractivity (Wildman–Crippen MR) is 93.7 cm³/mol. The quantitative estimate of drug-likeness (QED) is 0.727. The lowest BCUT2D eigenvalue weighted by atomic mass is 10.1. The molecule has 0 N–H and O–H groups in total. The maximum absolute atomic E-state index is 12.3. The standard InChI is InChI=1S/C17H25ClN4O2/c1-11-10-21(8-9-22(11)16(23)24-17(2,3)4)14-12-6-5-7-13(12)19-15(18)20-14/h11H,5-10H2,1-4H3. The van der Waals surface area contributed by atoms with Crippen LogP contribution < -0.4 is 4.90 Å². The fourth-order valence-corrected chi connectivity index (χ4v) is 3.57. The van der Waals surface area contributed by atoms with Crippen molar-refractivity contribution in [1.82, 2.24) is 14.9 Å². The van der Waals surface area contributed by atoms with Crippen LogP contribution in [0.2, 0.25) is 5.28 Å². The Morgan fingerprint density at radius 1 is 1.25 bits per heavy atom. The second-order valence-corrected chi connectivity index (χ2v) is 7.90. The molecule has 6 nitrogen and oxygen atoms in total. The van der Waals surface area contributed by atoms with E-state index in [4.69, 9.17) is 16.3 Å². The molecule has 3 rings (SSSR count). The van der Waals surface area contributed by atoms with Gasteiger partial charge in [-0.25, -0.2) is 14.8 Å². The maximum atomic E-state index is 12.3. The van der Waals surface area contributed by atoms with E-state index in [0.717, 1.165) is 43.9 Å². The predicted octanol–water partition coefficient (Wildman–Crippen LogP) is 3.06. The van der Waals surface area contributed by atoms with Crippen LogP contribution in [0.5, 0.6) is 0 Å². The van der Waals surface area contributed by atoms with Gasteiger partial charge in [-0.2, -0.15) is 0 Å². The molecule has 2 aliphatic rings. The monoisotopic (exact) mass is 352 g/mol. The molecule has 1 aromatic rings. The van der Waals surface area contributed by atoms with Crippen molar-refractivity contribution in [3.05, 3.63) is 16.5 Å². The van der Waals surface area contributed by atoms with Crippen molar-refractivity contribution in [2.75, 3.05) is 24.5 Å². The average molecular weight is 353 g/mol. The summed E-state index contributed by atoms with van der Waals surface area (Å²) in [5.41, 5.74) is 1.82. The minimum Gasteiger partial charge on any atom is -0.444 e. The van der Waals surface area contributed by atoms with Gasteiger partial charge in [-0.1, -0.05) is 0 Å². The number of halogens is 1. The zero-order chi connectivity index (χ0) is 17.5. The molecular formula is C17H25ClN4O2. The average Bonchev–Trinajstić information content (AvgIpc) is 2.92. The van der Waals surface area contributed by atoms with E-state index >= 15 is 0 Å². The first kappa shape index (κ1) is 17.3. The van der Waals surface area contributed by atoms with E-state index < -0.39 is 5.60 Å². The first-order valence-electron chi connectivity index (χ1n) is 8.54. The SMILES string of the molecule is CC1CN(c2nc(Cl)nc3c2CCC3)CCN1C(=O)OC(C)(C)C. The van der Waals surface area contributed by atoms with Crippen LogP contribution in [0, 0.1) is 0 Å². The van der Waals surface area contributed by atoms with Gasteiger partial charge in [0.25, 0.3) is 0 Å². The normalized spacial score (nSPS) is 21.0. The van der Waals surface area contributed by atoms with Gasteiger partial charge in [0.05, 0.1) is 5.69 Å². The minimum atomic E-state index is -0.477. The summed E-state index contributed by atoms with van der Waals surface area (Å²) in [7, 11) is 0. The highest BCUT2D eigenvalue weighted by Gasteiger charge is 2.33. The summed E-state index contributed by atoms with van der Waals surface area (Å²) in [5, 5.41) is 0.313.